The minimum absolute atomic E-state index is 0.140. The van der Waals surface area contributed by atoms with Crippen LogP contribution in [0.25, 0.3) is 0 Å². The quantitative estimate of drug-likeness (QED) is 0.668. The minimum Gasteiger partial charge on any atom is -0.267 e. The van der Waals surface area contributed by atoms with Gasteiger partial charge in [-0.25, -0.2) is 0 Å². The summed E-state index contributed by atoms with van der Waals surface area (Å²) >= 11 is 6.86. The molecule has 1 heterocycles. The molecule has 2 aromatic rings. The smallest absolute Gasteiger partial charge is 0.267 e. The summed E-state index contributed by atoms with van der Waals surface area (Å²) < 4.78 is 0. The molecule has 0 fully saturated rings. The van der Waals surface area contributed by atoms with Gasteiger partial charge in [-0.3, -0.25) is 30.6 Å². The Labute approximate surface area is 127 Å². The number of amides is 2. The predicted octanol–water partition coefficient (Wildman–Crippen LogP) is 2.38. The van der Waals surface area contributed by atoms with Crippen molar-refractivity contribution < 1.29 is 14.5 Å². The maximum Gasteiger partial charge on any atom is 0.283 e. The second kappa shape index (κ2) is 6.33. The van der Waals surface area contributed by atoms with Crippen molar-refractivity contribution in [3.63, 3.8) is 0 Å². The molecule has 0 atom stereocenters. The zero-order valence-electron chi connectivity index (χ0n) is 10.3. The van der Waals surface area contributed by atoms with E-state index in [0.29, 0.717) is 4.88 Å². The van der Waals surface area contributed by atoms with Gasteiger partial charge in [-0.2, -0.15) is 0 Å². The van der Waals surface area contributed by atoms with Crippen molar-refractivity contribution in [3.8, 4) is 0 Å². The average Bonchev–Trinajstić information content (AvgIpc) is 2.98. The summed E-state index contributed by atoms with van der Waals surface area (Å²) in [5, 5.41) is 12.7. The lowest BCUT2D eigenvalue weighted by Crippen LogP contribution is -2.41. The average molecular weight is 326 g/mol. The number of carbonyl (C=O) groups excluding carboxylic acids is 2. The van der Waals surface area contributed by atoms with Crippen molar-refractivity contribution in [3.05, 3.63) is 61.3 Å². The van der Waals surface area contributed by atoms with Crippen LogP contribution in [-0.4, -0.2) is 16.7 Å². The Morgan fingerprint density at radius 1 is 1.19 bits per heavy atom. The highest BCUT2D eigenvalue weighted by molar-refractivity contribution is 7.12. The minimum atomic E-state index is -0.803. The number of hydrazine groups is 1. The summed E-state index contributed by atoms with van der Waals surface area (Å²) in [6.07, 6.45) is 0. The van der Waals surface area contributed by atoms with E-state index in [1.165, 1.54) is 23.5 Å². The van der Waals surface area contributed by atoms with Gasteiger partial charge in [0.2, 0.25) is 0 Å². The van der Waals surface area contributed by atoms with Gasteiger partial charge in [-0.1, -0.05) is 17.7 Å². The second-order valence-electron chi connectivity index (χ2n) is 3.80. The molecule has 7 nitrogen and oxygen atoms in total. The Kier molecular flexibility index (Phi) is 4.51. The molecule has 2 amide bonds. The number of hydrogen-bond donors (Lipinski definition) is 2. The van der Waals surface area contributed by atoms with Crippen LogP contribution < -0.4 is 10.9 Å². The number of hydrogen-bond acceptors (Lipinski definition) is 5. The lowest BCUT2D eigenvalue weighted by atomic mass is 10.2. The first kappa shape index (κ1) is 14.9. The number of halogens is 1. The summed E-state index contributed by atoms with van der Waals surface area (Å²) in [4.78, 5) is 34.1. The molecule has 0 radical (unpaired) electrons. The van der Waals surface area contributed by atoms with E-state index in [9.17, 15) is 19.7 Å². The second-order valence-corrected chi connectivity index (χ2v) is 5.19. The molecule has 2 rings (SSSR count). The monoisotopic (exact) mass is 325 g/mol. The van der Waals surface area contributed by atoms with Crippen LogP contribution in [0.3, 0.4) is 0 Å². The number of nitrogens with zero attached hydrogens (tertiary/aromatic N) is 1. The van der Waals surface area contributed by atoms with Gasteiger partial charge in [-0.15, -0.1) is 11.3 Å². The van der Waals surface area contributed by atoms with Crippen molar-refractivity contribution in [1.29, 1.82) is 0 Å². The van der Waals surface area contributed by atoms with Gasteiger partial charge < -0.3 is 0 Å². The molecule has 2 N–H and O–H groups in total. The van der Waals surface area contributed by atoms with E-state index in [1.807, 2.05) is 0 Å². The highest BCUT2D eigenvalue weighted by atomic mass is 35.5. The fourth-order valence-corrected chi connectivity index (χ4v) is 2.28. The first-order valence-corrected chi connectivity index (χ1v) is 6.83. The van der Waals surface area contributed by atoms with Gasteiger partial charge >= 0.3 is 0 Å². The maximum atomic E-state index is 11.9. The normalized spacial score (nSPS) is 9.95. The summed E-state index contributed by atoms with van der Waals surface area (Å²) in [5.74, 6) is -1.31. The highest BCUT2D eigenvalue weighted by Gasteiger charge is 2.21. The molecular weight excluding hydrogens is 318 g/mol. The topological polar surface area (TPSA) is 101 Å². The summed E-state index contributed by atoms with van der Waals surface area (Å²) in [6, 6.07) is 6.90. The van der Waals surface area contributed by atoms with E-state index < -0.39 is 22.4 Å². The molecule has 1 aromatic carbocycles. The Hall–Kier alpha value is -2.45. The summed E-state index contributed by atoms with van der Waals surface area (Å²) in [5.41, 5.74) is 3.67. The van der Waals surface area contributed by atoms with Crippen LogP contribution in [-0.2, 0) is 0 Å². The summed E-state index contributed by atoms with van der Waals surface area (Å²) in [7, 11) is 0. The molecule has 0 spiro atoms. The third kappa shape index (κ3) is 3.56. The molecule has 0 bridgehead atoms. The fraction of sp³-hybridized carbons (Fsp3) is 0. The standard InChI is InChI=1S/C12H8ClN3O4S/c13-7-3-4-8(9(6-7)16(19)20)11(17)14-15-12(18)10-2-1-5-21-10/h1-6H,(H,14,17)(H,15,18). The first-order valence-electron chi connectivity index (χ1n) is 5.57. The molecule has 0 aliphatic heterocycles. The molecule has 0 saturated heterocycles. The van der Waals surface area contributed by atoms with Crippen LogP contribution >= 0.6 is 22.9 Å². The molecular formula is C12H8ClN3O4S. The first-order chi connectivity index (χ1) is 9.99. The molecule has 108 valence electrons. The zero-order chi connectivity index (χ0) is 15.4. The van der Waals surface area contributed by atoms with E-state index in [1.54, 1.807) is 17.5 Å². The van der Waals surface area contributed by atoms with E-state index in [0.717, 1.165) is 6.07 Å². The lowest BCUT2D eigenvalue weighted by molar-refractivity contribution is -0.385. The SMILES string of the molecule is O=C(NNC(=O)c1ccc(Cl)cc1[N+](=O)[O-])c1cccs1. The van der Waals surface area contributed by atoms with Gasteiger partial charge in [0.25, 0.3) is 17.5 Å². The highest BCUT2D eigenvalue weighted by Crippen LogP contribution is 2.22. The van der Waals surface area contributed by atoms with E-state index in [2.05, 4.69) is 10.9 Å². The number of thiophene rings is 1. The van der Waals surface area contributed by atoms with E-state index in [4.69, 9.17) is 11.6 Å². The number of nitrogens with one attached hydrogen (secondary N) is 2. The third-order valence-corrected chi connectivity index (χ3v) is 3.54. The van der Waals surface area contributed by atoms with Crippen LogP contribution in [0.1, 0.15) is 20.0 Å². The van der Waals surface area contributed by atoms with Crippen LogP contribution in [0.5, 0.6) is 0 Å². The fourth-order valence-electron chi connectivity index (χ4n) is 1.50. The molecule has 0 aliphatic rings. The Morgan fingerprint density at radius 2 is 1.90 bits per heavy atom. The summed E-state index contributed by atoms with van der Waals surface area (Å²) in [6.45, 7) is 0. The van der Waals surface area contributed by atoms with E-state index in [-0.39, 0.29) is 10.6 Å². The largest absolute Gasteiger partial charge is 0.283 e. The zero-order valence-corrected chi connectivity index (χ0v) is 11.9. The molecule has 0 aliphatic carbocycles. The van der Waals surface area contributed by atoms with Gasteiger partial charge in [0.1, 0.15) is 5.56 Å². The van der Waals surface area contributed by atoms with Gasteiger partial charge in [-0.05, 0) is 23.6 Å². The van der Waals surface area contributed by atoms with Crippen LogP contribution in [0.15, 0.2) is 35.7 Å². The third-order valence-electron chi connectivity index (χ3n) is 2.44. The molecule has 21 heavy (non-hydrogen) atoms. The maximum absolute atomic E-state index is 11.9. The van der Waals surface area contributed by atoms with Crippen LogP contribution in [0, 0.1) is 10.1 Å². The lowest BCUT2D eigenvalue weighted by Gasteiger charge is -2.07. The molecule has 9 heteroatoms. The molecule has 0 saturated carbocycles. The number of nitro groups is 1. The molecule has 1 aromatic heterocycles. The van der Waals surface area contributed by atoms with Crippen LogP contribution in [0.2, 0.25) is 5.02 Å². The Morgan fingerprint density at radius 3 is 2.52 bits per heavy atom. The van der Waals surface area contributed by atoms with Crippen molar-refractivity contribution in [2.24, 2.45) is 0 Å². The number of rotatable bonds is 3. The Balaban J connectivity index is 2.10. The van der Waals surface area contributed by atoms with Gasteiger partial charge in [0.15, 0.2) is 0 Å². The van der Waals surface area contributed by atoms with Crippen molar-refractivity contribution >= 4 is 40.4 Å². The van der Waals surface area contributed by atoms with Crippen molar-refractivity contribution in [2.75, 3.05) is 0 Å². The van der Waals surface area contributed by atoms with E-state index >= 15 is 0 Å². The Bertz CT molecular complexity index is 703. The van der Waals surface area contributed by atoms with Gasteiger partial charge in [0.05, 0.1) is 9.80 Å². The molecule has 0 unspecified atom stereocenters. The number of benzene rings is 1. The van der Waals surface area contributed by atoms with Crippen molar-refractivity contribution in [1.82, 2.24) is 10.9 Å². The van der Waals surface area contributed by atoms with Crippen LogP contribution in [0.4, 0.5) is 5.69 Å². The number of carbonyl (C=O) groups is 2. The van der Waals surface area contributed by atoms with Crippen molar-refractivity contribution in [2.45, 2.75) is 0 Å². The number of nitro benzene ring substituents is 1. The predicted molar refractivity (Wildman–Crippen MR) is 77.4 cm³/mol. The van der Waals surface area contributed by atoms with Gasteiger partial charge in [0, 0.05) is 11.1 Å².